The maximum atomic E-state index is 3.92. The van der Waals surface area contributed by atoms with Gasteiger partial charge in [0.1, 0.15) is 0 Å². The topological polar surface area (TPSA) is 0 Å². The zero-order valence-corrected chi connectivity index (χ0v) is 25.0. The predicted molar refractivity (Wildman–Crippen MR) is 163 cm³/mol. The molecule has 0 fully saturated rings. The Hall–Kier alpha value is 0. The summed E-state index contributed by atoms with van der Waals surface area (Å²) in [6, 6.07) is 0. The van der Waals surface area contributed by atoms with Crippen LogP contribution in [0.15, 0.2) is 0 Å². The molecule has 1 radical (unpaired) electrons. The molecule has 0 atom stereocenters. The van der Waals surface area contributed by atoms with E-state index < -0.39 is 0 Å². The van der Waals surface area contributed by atoms with Crippen molar-refractivity contribution in [1.29, 1.82) is 0 Å². The number of hydrogen-bond donors (Lipinski definition) is 0. The van der Waals surface area contributed by atoms with Gasteiger partial charge in [0.05, 0.1) is 0 Å². The first kappa shape index (κ1) is 35.0. The molecule has 0 aliphatic heterocycles. The van der Waals surface area contributed by atoms with Crippen LogP contribution >= 0.6 is 0 Å². The van der Waals surface area contributed by atoms with Crippen molar-refractivity contribution in [2.75, 3.05) is 0 Å². The Balaban J connectivity index is 3.00. The fraction of sp³-hybridized carbons (Fsp3) is 0.971. The van der Waals surface area contributed by atoms with Crippen LogP contribution in [0.2, 0.25) is 0 Å². The van der Waals surface area contributed by atoms with E-state index in [-0.39, 0.29) is 0 Å². The lowest BCUT2D eigenvalue weighted by Gasteiger charge is -2.04. The van der Waals surface area contributed by atoms with Crippen LogP contribution in [0.4, 0.5) is 0 Å². The first-order valence-corrected chi connectivity index (χ1v) is 17.2. The highest BCUT2D eigenvalue weighted by Gasteiger charge is 1.97. The van der Waals surface area contributed by atoms with Gasteiger partial charge in [0.15, 0.2) is 0 Å². The maximum Gasteiger partial charge on any atom is -0.0533 e. The molecule has 0 unspecified atom stereocenters. The lowest BCUT2D eigenvalue weighted by atomic mass is 10.0. The first-order chi connectivity index (χ1) is 17.4. The fourth-order valence-corrected chi connectivity index (χ4v) is 5.55. The second-order valence-electron chi connectivity index (χ2n) is 11.8. The molecule has 0 aromatic rings. The van der Waals surface area contributed by atoms with E-state index in [1.54, 1.807) is 0 Å². The number of unbranched alkanes of at least 4 members (excludes halogenated alkanes) is 32. The normalized spacial score (nSPS) is 11.5. The first-order valence-electron chi connectivity index (χ1n) is 17.2. The molecule has 0 aliphatic carbocycles. The van der Waals surface area contributed by atoms with Crippen LogP contribution in [0.1, 0.15) is 219 Å². The van der Waals surface area contributed by atoms with Gasteiger partial charge in [-0.15, -0.1) is 0 Å². The van der Waals surface area contributed by atoms with Gasteiger partial charge in [-0.1, -0.05) is 226 Å². The summed E-state index contributed by atoms with van der Waals surface area (Å²) in [7, 11) is 0. The van der Waals surface area contributed by atoms with E-state index in [4.69, 9.17) is 0 Å². The standard InChI is InChI=1S/C35H71/c1-3-5-7-9-11-13-15-17-19-21-23-25-27-29-31-33-35-34-32-30-28-26-24-22-20-18-16-14-12-10-8-6-4-2/h1,3-35H2,2H3. The van der Waals surface area contributed by atoms with Gasteiger partial charge in [-0.25, -0.2) is 0 Å². The fourth-order valence-electron chi connectivity index (χ4n) is 5.55. The van der Waals surface area contributed by atoms with Crippen LogP contribution in [0.5, 0.6) is 0 Å². The van der Waals surface area contributed by atoms with Gasteiger partial charge in [0, 0.05) is 0 Å². The van der Waals surface area contributed by atoms with Gasteiger partial charge in [-0.05, 0) is 0 Å². The average molecular weight is 492 g/mol. The Morgan fingerprint density at radius 1 is 0.229 bits per heavy atom. The van der Waals surface area contributed by atoms with E-state index in [1.165, 1.54) is 205 Å². The van der Waals surface area contributed by atoms with Crippen LogP contribution in [0.25, 0.3) is 0 Å². The lowest BCUT2D eigenvalue weighted by Crippen LogP contribution is -1.85. The molecule has 0 heterocycles. The molecule has 0 saturated heterocycles. The Morgan fingerprint density at radius 3 is 0.514 bits per heavy atom. The smallest absolute Gasteiger partial charge is 0.0533 e. The van der Waals surface area contributed by atoms with E-state index in [1.807, 2.05) is 0 Å². The molecule has 0 spiro atoms. The van der Waals surface area contributed by atoms with Crippen molar-refractivity contribution in [3.8, 4) is 0 Å². The second kappa shape index (κ2) is 34.0. The summed E-state index contributed by atoms with van der Waals surface area (Å²) < 4.78 is 0. The van der Waals surface area contributed by atoms with Gasteiger partial charge in [-0.3, -0.25) is 0 Å². The van der Waals surface area contributed by atoms with Crippen LogP contribution in [-0.4, -0.2) is 0 Å². The zero-order chi connectivity index (χ0) is 25.3. The molecule has 0 nitrogen and oxygen atoms in total. The minimum absolute atomic E-state index is 1.12. The summed E-state index contributed by atoms with van der Waals surface area (Å²) in [5.74, 6) is 0. The molecule has 35 heavy (non-hydrogen) atoms. The Bertz CT molecular complexity index is 301. The summed E-state index contributed by atoms with van der Waals surface area (Å²) in [5, 5.41) is 0. The van der Waals surface area contributed by atoms with Crippen molar-refractivity contribution in [2.24, 2.45) is 0 Å². The highest BCUT2D eigenvalue weighted by atomic mass is 14.0. The van der Waals surface area contributed by atoms with Crippen LogP contribution < -0.4 is 0 Å². The SMILES string of the molecule is [CH2]CCCCCCCCCCCCCCCCCCCCCCCCCCCCCCCCCC. The monoisotopic (exact) mass is 492 g/mol. The predicted octanol–water partition coefficient (Wildman–Crippen LogP) is 13.7. The molecule has 211 valence electrons. The largest absolute Gasteiger partial charge is 0.0654 e. The lowest BCUT2D eigenvalue weighted by molar-refractivity contribution is 0.512. The highest BCUT2D eigenvalue weighted by Crippen LogP contribution is 2.16. The van der Waals surface area contributed by atoms with Gasteiger partial charge < -0.3 is 0 Å². The number of rotatable bonds is 32. The van der Waals surface area contributed by atoms with Crippen molar-refractivity contribution >= 4 is 0 Å². The van der Waals surface area contributed by atoms with Gasteiger partial charge in [0.2, 0.25) is 0 Å². The third kappa shape index (κ3) is 34.0. The van der Waals surface area contributed by atoms with Crippen molar-refractivity contribution in [1.82, 2.24) is 0 Å². The van der Waals surface area contributed by atoms with Crippen LogP contribution in [0, 0.1) is 6.92 Å². The molecular formula is C35H71. The third-order valence-corrected chi connectivity index (χ3v) is 8.10. The number of hydrogen-bond acceptors (Lipinski definition) is 0. The molecule has 0 N–H and O–H groups in total. The quantitative estimate of drug-likeness (QED) is 0.0820. The molecule has 0 amide bonds. The molecular weight excluding hydrogens is 420 g/mol. The second-order valence-corrected chi connectivity index (χ2v) is 11.8. The van der Waals surface area contributed by atoms with Crippen molar-refractivity contribution in [3.63, 3.8) is 0 Å². The Kier molecular flexibility index (Phi) is 34.0. The van der Waals surface area contributed by atoms with Crippen molar-refractivity contribution in [3.05, 3.63) is 6.92 Å². The van der Waals surface area contributed by atoms with Gasteiger partial charge in [0.25, 0.3) is 0 Å². The van der Waals surface area contributed by atoms with Crippen LogP contribution in [-0.2, 0) is 0 Å². The molecule has 0 aromatic carbocycles. The van der Waals surface area contributed by atoms with E-state index in [0.717, 1.165) is 6.42 Å². The molecule has 0 saturated carbocycles. The molecule has 0 aliphatic rings. The Labute approximate surface area is 225 Å². The minimum Gasteiger partial charge on any atom is -0.0654 e. The zero-order valence-electron chi connectivity index (χ0n) is 25.0. The highest BCUT2D eigenvalue weighted by molar-refractivity contribution is 4.53. The van der Waals surface area contributed by atoms with E-state index in [2.05, 4.69) is 13.8 Å². The van der Waals surface area contributed by atoms with Crippen molar-refractivity contribution in [2.45, 2.75) is 219 Å². The summed E-state index contributed by atoms with van der Waals surface area (Å²) in [6.07, 6.45) is 48.3. The summed E-state index contributed by atoms with van der Waals surface area (Å²) in [4.78, 5) is 0. The molecule has 0 bridgehead atoms. The minimum atomic E-state index is 1.12. The summed E-state index contributed by atoms with van der Waals surface area (Å²) >= 11 is 0. The molecule has 0 heteroatoms. The van der Waals surface area contributed by atoms with E-state index >= 15 is 0 Å². The maximum absolute atomic E-state index is 3.92. The Morgan fingerprint density at radius 2 is 0.371 bits per heavy atom. The van der Waals surface area contributed by atoms with Crippen molar-refractivity contribution < 1.29 is 0 Å². The van der Waals surface area contributed by atoms with Gasteiger partial charge >= 0.3 is 0 Å². The summed E-state index contributed by atoms with van der Waals surface area (Å²) in [6.45, 7) is 6.23. The molecule has 0 rings (SSSR count). The van der Waals surface area contributed by atoms with E-state index in [0.29, 0.717) is 0 Å². The van der Waals surface area contributed by atoms with Crippen LogP contribution in [0.3, 0.4) is 0 Å². The molecule has 0 aromatic heterocycles. The van der Waals surface area contributed by atoms with Gasteiger partial charge in [-0.2, -0.15) is 0 Å². The average Bonchev–Trinajstić information content (AvgIpc) is 2.87. The summed E-state index contributed by atoms with van der Waals surface area (Å²) in [5.41, 5.74) is 0. The third-order valence-electron chi connectivity index (χ3n) is 8.10. The van der Waals surface area contributed by atoms with E-state index in [9.17, 15) is 0 Å².